The van der Waals surface area contributed by atoms with Gasteiger partial charge < -0.3 is 19.9 Å². The van der Waals surface area contributed by atoms with Crippen molar-refractivity contribution in [1.82, 2.24) is 15.1 Å². The lowest BCUT2D eigenvalue weighted by molar-refractivity contribution is 0.0840. The molecule has 2 amide bonds. The van der Waals surface area contributed by atoms with Gasteiger partial charge in [0.15, 0.2) is 12.3 Å². The molecule has 198 valence electrons. The van der Waals surface area contributed by atoms with Crippen molar-refractivity contribution in [3.63, 3.8) is 0 Å². The monoisotopic (exact) mass is 528 g/mol. The quantitative estimate of drug-likeness (QED) is 0.324. The number of benzene rings is 4. The Morgan fingerprint density at radius 2 is 1.50 bits per heavy atom. The Labute approximate surface area is 233 Å². The molecular formula is C33H28N4O3. The number of nitriles is 1. The normalized spacial score (nSPS) is 13.2. The van der Waals surface area contributed by atoms with Crippen molar-refractivity contribution in [2.24, 2.45) is 0 Å². The van der Waals surface area contributed by atoms with E-state index in [9.17, 15) is 14.9 Å². The molecule has 40 heavy (non-hydrogen) atoms. The highest BCUT2D eigenvalue weighted by Gasteiger charge is 2.32. The van der Waals surface area contributed by atoms with Crippen LogP contribution in [0.1, 0.15) is 38.7 Å². The Bertz CT molecular complexity index is 1610. The van der Waals surface area contributed by atoms with Gasteiger partial charge in [-0.2, -0.15) is 5.26 Å². The Balaban J connectivity index is 1.11. The maximum absolute atomic E-state index is 13.3. The summed E-state index contributed by atoms with van der Waals surface area (Å²) >= 11 is 0. The molecule has 0 radical (unpaired) electrons. The van der Waals surface area contributed by atoms with Crippen molar-refractivity contribution < 1.29 is 14.3 Å². The molecule has 0 fully saturated rings. The molecule has 0 spiro atoms. The van der Waals surface area contributed by atoms with Gasteiger partial charge in [0.05, 0.1) is 13.1 Å². The first kappa shape index (κ1) is 25.2. The van der Waals surface area contributed by atoms with Crippen LogP contribution in [0.2, 0.25) is 0 Å². The molecule has 1 aliphatic carbocycles. The summed E-state index contributed by atoms with van der Waals surface area (Å²) in [5, 5.41) is 12.3. The number of hydrogen-bond acceptors (Lipinski definition) is 5. The van der Waals surface area contributed by atoms with E-state index in [0.717, 1.165) is 44.5 Å². The standard InChI is InChI=1S/C33H28N4O3/c1-36(33(39)40-31-27-13-5-2-10-23(27)24-11-3-6-14-28(24)31)18-17-35-32(38)29-15-7-4-12-25(29)26-16-8-9-22-19-37(21-34)20-30(22)26/h2-16,31H,17-20H2,1H3,(H,35,38). The Morgan fingerprint density at radius 1 is 0.875 bits per heavy atom. The molecule has 0 unspecified atom stereocenters. The first-order valence-electron chi connectivity index (χ1n) is 13.3. The van der Waals surface area contributed by atoms with E-state index in [4.69, 9.17) is 4.74 Å². The number of ether oxygens (including phenoxy) is 1. The Hall–Kier alpha value is -5.09. The average molecular weight is 529 g/mol. The summed E-state index contributed by atoms with van der Waals surface area (Å²) in [6, 6.07) is 29.4. The van der Waals surface area contributed by atoms with Gasteiger partial charge in [0, 0.05) is 36.8 Å². The topological polar surface area (TPSA) is 85.7 Å². The fourth-order valence-corrected chi connectivity index (χ4v) is 5.61. The predicted octanol–water partition coefficient (Wildman–Crippen LogP) is 5.72. The smallest absolute Gasteiger partial charge is 0.410 e. The van der Waals surface area contributed by atoms with E-state index in [1.54, 1.807) is 18.0 Å². The van der Waals surface area contributed by atoms with Crippen molar-refractivity contribution in [3.8, 4) is 28.4 Å². The second kappa shape index (κ2) is 10.6. The lowest BCUT2D eigenvalue weighted by Gasteiger charge is -2.21. The van der Waals surface area contributed by atoms with Crippen LogP contribution in [0.5, 0.6) is 0 Å². The fourth-order valence-electron chi connectivity index (χ4n) is 5.61. The minimum Gasteiger partial charge on any atom is -0.436 e. The molecule has 6 rings (SSSR count). The van der Waals surface area contributed by atoms with E-state index in [1.165, 1.54) is 4.90 Å². The highest BCUT2D eigenvalue weighted by molar-refractivity contribution is 6.01. The number of amides is 2. The number of carbonyl (C=O) groups excluding carboxylic acids is 2. The molecular weight excluding hydrogens is 500 g/mol. The molecule has 4 aromatic carbocycles. The van der Waals surface area contributed by atoms with E-state index in [0.29, 0.717) is 25.2 Å². The van der Waals surface area contributed by atoms with Gasteiger partial charge in [-0.3, -0.25) is 4.79 Å². The first-order chi connectivity index (χ1) is 19.5. The van der Waals surface area contributed by atoms with Crippen LogP contribution in [-0.2, 0) is 17.8 Å². The third-order valence-electron chi connectivity index (χ3n) is 7.63. The fraction of sp³-hybridized carbons (Fsp3) is 0.182. The Kier molecular flexibility index (Phi) is 6.67. The summed E-state index contributed by atoms with van der Waals surface area (Å²) in [4.78, 5) is 29.5. The van der Waals surface area contributed by atoms with E-state index >= 15 is 0 Å². The number of nitrogens with zero attached hydrogens (tertiary/aromatic N) is 3. The maximum atomic E-state index is 13.3. The number of likely N-dealkylation sites (N-methyl/N-ethyl adjacent to an activating group) is 1. The Morgan fingerprint density at radius 3 is 2.20 bits per heavy atom. The zero-order chi connectivity index (χ0) is 27.6. The molecule has 0 saturated heterocycles. The van der Waals surface area contributed by atoms with Crippen LogP contribution in [0.3, 0.4) is 0 Å². The van der Waals surface area contributed by atoms with Crippen LogP contribution >= 0.6 is 0 Å². The molecule has 7 nitrogen and oxygen atoms in total. The van der Waals surface area contributed by atoms with Crippen LogP contribution in [-0.4, -0.2) is 41.9 Å². The zero-order valence-corrected chi connectivity index (χ0v) is 22.1. The van der Waals surface area contributed by atoms with Gasteiger partial charge in [-0.05, 0) is 39.4 Å². The summed E-state index contributed by atoms with van der Waals surface area (Å²) in [7, 11) is 1.67. The SMILES string of the molecule is CN(CCNC(=O)c1ccccc1-c1cccc2c1CN(C#N)C2)C(=O)OC1c2ccccc2-c2ccccc21. The van der Waals surface area contributed by atoms with Crippen LogP contribution in [0, 0.1) is 11.5 Å². The van der Waals surface area contributed by atoms with Gasteiger partial charge in [-0.15, -0.1) is 0 Å². The zero-order valence-electron chi connectivity index (χ0n) is 22.1. The van der Waals surface area contributed by atoms with E-state index in [2.05, 4.69) is 11.5 Å². The van der Waals surface area contributed by atoms with Gasteiger partial charge in [0.25, 0.3) is 5.91 Å². The maximum Gasteiger partial charge on any atom is 0.410 e. The number of nitrogens with one attached hydrogen (secondary N) is 1. The molecule has 0 bridgehead atoms. The summed E-state index contributed by atoms with van der Waals surface area (Å²) < 4.78 is 5.95. The number of rotatable bonds is 6. The minimum atomic E-state index is -0.464. The van der Waals surface area contributed by atoms with Crippen LogP contribution in [0.25, 0.3) is 22.3 Å². The van der Waals surface area contributed by atoms with E-state index < -0.39 is 12.2 Å². The van der Waals surface area contributed by atoms with Gasteiger partial charge in [-0.25, -0.2) is 4.79 Å². The molecule has 0 atom stereocenters. The summed E-state index contributed by atoms with van der Waals surface area (Å²) in [6.07, 6.45) is 1.30. The minimum absolute atomic E-state index is 0.219. The third kappa shape index (κ3) is 4.54. The molecule has 0 saturated carbocycles. The van der Waals surface area contributed by atoms with Crippen LogP contribution in [0.4, 0.5) is 4.79 Å². The predicted molar refractivity (Wildman–Crippen MR) is 152 cm³/mol. The third-order valence-corrected chi connectivity index (χ3v) is 7.63. The molecule has 0 aromatic heterocycles. The van der Waals surface area contributed by atoms with Gasteiger partial charge in [-0.1, -0.05) is 84.9 Å². The summed E-state index contributed by atoms with van der Waals surface area (Å²) in [6.45, 7) is 1.67. The van der Waals surface area contributed by atoms with Crippen molar-refractivity contribution in [1.29, 1.82) is 5.26 Å². The van der Waals surface area contributed by atoms with Gasteiger partial charge in [0.1, 0.15) is 0 Å². The van der Waals surface area contributed by atoms with E-state index in [1.807, 2.05) is 84.9 Å². The highest BCUT2D eigenvalue weighted by Crippen LogP contribution is 2.45. The lowest BCUT2D eigenvalue weighted by Crippen LogP contribution is -2.37. The van der Waals surface area contributed by atoms with Crippen molar-refractivity contribution in [3.05, 3.63) is 119 Å². The van der Waals surface area contributed by atoms with Crippen molar-refractivity contribution in [2.75, 3.05) is 20.1 Å². The highest BCUT2D eigenvalue weighted by atomic mass is 16.6. The lowest BCUT2D eigenvalue weighted by atomic mass is 9.93. The molecule has 1 heterocycles. The van der Waals surface area contributed by atoms with Crippen LogP contribution in [0.15, 0.2) is 91.0 Å². The summed E-state index contributed by atoms with van der Waals surface area (Å²) in [5.74, 6) is -0.219. The van der Waals surface area contributed by atoms with Crippen LogP contribution < -0.4 is 5.32 Å². The second-order valence-electron chi connectivity index (χ2n) is 10.1. The van der Waals surface area contributed by atoms with Gasteiger partial charge >= 0.3 is 6.09 Å². The van der Waals surface area contributed by atoms with Crippen molar-refractivity contribution in [2.45, 2.75) is 19.2 Å². The first-order valence-corrected chi connectivity index (χ1v) is 13.3. The number of carbonyl (C=O) groups is 2. The number of fused-ring (bicyclic) bond motifs is 4. The molecule has 7 heteroatoms. The molecule has 1 N–H and O–H groups in total. The van der Waals surface area contributed by atoms with Crippen molar-refractivity contribution >= 4 is 12.0 Å². The number of hydrogen-bond donors (Lipinski definition) is 1. The van der Waals surface area contributed by atoms with E-state index in [-0.39, 0.29) is 12.5 Å². The molecule has 2 aliphatic rings. The second-order valence-corrected chi connectivity index (χ2v) is 10.1. The largest absolute Gasteiger partial charge is 0.436 e. The average Bonchev–Trinajstić information content (AvgIpc) is 3.56. The molecule has 4 aromatic rings. The van der Waals surface area contributed by atoms with Gasteiger partial charge in [0.2, 0.25) is 0 Å². The molecule has 1 aliphatic heterocycles. The summed E-state index contributed by atoms with van der Waals surface area (Å²) in [5.41, 5.74) is 8.60.